The van der Waals surface area contributed by atoms with Gasteiger partial charge in [0, 0.05) is 45.8 Å². The molecule has 2 heterocycles. The van der Waals surface area contributed by atoms with Crippen LogP contribution in [0.25, 0.3) is 0 Å². The van der Waals surface area contributed by atoms with E-state index in [2.05, 4.69) is 9.80 Å². The van der Waals surface area contributed by atoms with Crippen LogP contribution in [0, 0.1) is 5.92 Å². The lowest BCUT2D eigenvalue weighted by molar-refractivity contribution is -0.119. The molecule has 2 N–H and O–H groups in total. The van der Waals surface area contributed by atoms with Gasteiger partial charge in [-0.1, -0.05) is 0 Å². The molecular formula is C13H26N4O. The molecule has 0 aromatic carbocycles. The Morgan fingerprint density at radius 3 is 2.22 bits per heavy atom. The molecule has 0 aromatic heterocycles. The van der Waals surface area contributed by atoms with Crippen LogP contribution in [0.1, 0.15) is 12.8 Å². The molecule has 0 bridgehead atoms. The largest absolute Gasteiger partial charge is 0.343 e. The maximum absolute atomic E-state index is 10.6. The van der Waals surface area contributed by atoms with Crippen LogP contribution in [0.3, 0.4) is 0 Å². The molecule has 2 aliphatic rings. The van der Waals surface area contributed by atoms with E-state index < -0.39 is 0 Å². The van der Waals surface area contributed by atoms with Crippen LogP contribution in [0.2, 0.25) is 0 Å². The van der Waals surface area contributed by atoms with Gasteiger partial charge in [0.15, 0.2) is 0 Å². The first-order chi connectivity index (χ1) is 8.81. The number of likely N-dealkylation sites (tertiary alicyclic amines) is 1. The van der Waals surface area contributed by atoms with Crippen LogP contribution in [0.15, 0.2) is 0 Å². The van der Waals surface area contributed by atoms with Crippen molar-refractivity contribution in [1.29, 1.82) is 0 Å². The number of piperazine rings is 1. The zero-order valence-electron chi connectivity index (χ0n) is 11.3. The Morgan fingerprint density at radius 1 is 1.00 bits per heavy atom. The van der Waals surface area contributed by atoms with E-state index in [-0.39, 0.29) is 0 Å². The van der Waals surface area contributed by atoms with Crippen LogP contribution in [0.5, 0.6) is 0 Å². The van der Waals surface area contributed by atoms with E-state index in [1.807, 2.05) is 4.90 Å². The first-order valence-electron chi connectivity index (χ1n) is 7.16. The third-order valence-electron chi connectivity index (χ3n) is 4.22. The molecule has 2 rings (SSSR count). The number of hydrogen-bond donors (Lipinski definition) is 1. The van der Waals surface area contributed by atoms with Crippen molar-refractivity contribution in [3.63, 3.8) is 0 Å². The average Bonchev–Trinajstić information content (AvgIpc) is 2.42. The molecule has 5 nitrogen and oxygen atoms in total. The summed E-state index contributed by atoms with van der Waals surface area (Å²) in [6.45, 7) is 9.33. The predicted molar refractivity (Wildman–Crippen MR) is 72.3 cm³/mol. The van der Waals surface area contributed by atoms with Crippen molar-refractivity contribution < 1.29 is 4.79 Å². The Hall–Kier alpha value is -0.650. The molecule has 0 spiro atoms. The molecule has 0 saturated carbocycles. The lowest BCUT2D eigenvalue weighted by atomic mass is 9.96. The highest BCUT2D eigenvalue weighted by molar-refractivity contribution is 5.47. The van der Waals surface area contributed by atoms with Crippen LogP contribution in [-0.2, 0) is 4.79 Å². The molecule has 18 heavy (non-hydrogen) atoms. The summed E-state index contributed by atoms with van der Waals surface area (Å²) in [7, 11) is 0. The number of nitrogens with zero attached hydrogens (tertiary/aromatic N) is 3. The number of carbonyl (C=O) groups excluding carboxylic acids is 1. The highest BCUT2D eigenvalue weighted by Crippen LogP contribution is 2.18. The second kappa shape index (κ2) is 7.07. The number of hydrogen-bond acceptors (Lipinski definition) is 4. The molecule has 104 valence electrons. The summed E-state index contributed by atoms with van der Waals surface area (Å²) in [5, 5.41) is 0. The minimum atomic E-state index is 0.776. The van der Waals surface area contributed by atoms with Gasteiger partial charge in [-0.15, -0.1) is 0 Å². The van der Waals surface area contributed by atoms with Gasteiger partial charge < -0.3 is 15.5 Å². The first-order valence-corrected chi connectivity index (χ1v) is 7.16. The SMILES string of the molecule is NCCN1CCC(CN2CCN(C=O)CC2)CC1. The Kier molecular flexibility index (Phi) is 5.41. The summed E-state index contributed by atoms with van der Waals surface area (Å²) in [5.74, 6) is 0.835. The van der Waals surface area contributed by atoms with Crippen molar-refractivity contribution in [2.75, 3.05) is 58.9 Å². The predicted octanol–water partition coefficient (Wildman–Crippen LogP) is -0.569. The Labute approximate surface area is 110 Å². The first kappa shape index (κ1) is 13.8. The Morgan fingerprint density at radius 2 is 1.67 bits per heavy atom. The zero-order valence-corrected chi connectivity index (χ0v) is 11.3. The van der Waals surface area contributed by atoms with E-state index >= 15 is 0 Å². The van der Waals surface area contributed by atoms with Gasteiger partial charge in [0.05, 0.1) is 0 Å². The van der Waals surface area contributed by atoms with E-state index in [0.717, 1.165) is 51.6 Å². The third-order valence-corrected chi connectivity index (χ3v) is 4.22. The van der Waals surface area contributed by atoms with Crippen molar-refractivity contribution in [2.45, 2.75) is 12.8 Å². The van der Waals surface area contributed by atoms with Crippen LogP contribution in [0.4, 0.5) is 0 Å². The number of amides is 1. The molecule has 2 aliphatic heterocycles. The molecule has 0 aliphatic carbocycles. The van der Waals surface area contributed by atoms with Gasteiger partial charge in [0.1, 0.15) is 0 Å². The van der Waals surface area contributed by atoms with E-state index in [1.54, 1.807) is 0 Å². The van der Waals surface area contributed by atoms with E-state index in [9.17, 15) is 4.79 Å². The average molecular weight is 254 g/mol. The standard InChI is InChI=1S/C13H26N4O/c14-3-6-15-4-1-13(2-5-15)11-16-7-9-17(12-18)10-8-16/h12-13H,1-11,14H2. The quantitative estimate of drug-likeness (QED) is 0.668. The second-order valence-electron chi connectivity index (χ2n) is 5.52. The van der Waals surface area contributed by atoms with Crippen molar-refractivity contribution in [3.05, 3.63) is 0 Å². The summed E-state index contributed by atoms with van der Waals surface area (Å²) in [6.07, 6.45) is 3.57. The van der Waals surface area contributed by atoms with Gasteiger partial charge in [-0.25, -0.2) is 0 Å². The second-order valence-corrected chi connectivity index (χ2v) is 5.52. The Bertz CT molecular complexity index is 245. The van der Waals surface area contributed by atoms with Crippen molar-refractivity contribution in [2.24, 2.45) is 11.7 Å². The number of nitrogens with two attached hydrogens (primary N) is 1. The molecule has 1 amide bonds. The third kappa shape index (κ3) is 3.93. The molecule has 2 fully saturated rings. The number of carbonyl (C=O) groups is 1. The topological polar surface area (TPSA) is 52.8 Å². The van der Waals surface area contributed by atoms with Crippen LogP contribution < -0.4 is 5.73 Å². The van der Waals surface area contributed by atoms with Crippen molar-refractivity contribution in [3.8, 4) is 0 Å². The molecular weight excluding hydrogens is 228 g/mol. The van der Waals surface area contributed by atoms with Gasteiger partial charge in [-0.2, -0.15) is 0 Å². The fraction of sp³-hybridized carbons (Fsp3) is 0.923. The maximum atomic E-state index is 10.6. The summed E-state index contributed by atoms with van der Waals surface area (Å²) >= 11 is 0. The van der Waals surface area contributed by atoms with E-state index in [4.69, 9.17) is 5.73 Å². The summed E-state index contributed by atoms with van der Waals surface area (Å²) in [5.41, 5.74) is 5.59. The minimum Gasteiger partial charge on any atom is -0.343 e. The van der Waals surface area contributed by atoms with Gasteiger partial charge in [0.25, 0.3) is 0 Å². The highest BCUT2D eigenvalue weighted by Gasteiger charge is 2.23. The molecule has 0 unspecified atom stereocenters. The smallest absolute Gasteiger partial charge is 0.209 e. The summed E-state index contributed by atoms with van der Waals surface area (Å²) in [4.78, 5) is 17.5. The molecule has 2 saturated heterocycles. The maximum Gasteiger partial charge on any atom is 0.209 e. The number of piperidine rings is 1. The Balaban J connectivity index is 1.64. The molecule has 5 heteroatoms. The van der Waals surface area contributed by atoms with Gasteiger partial charge in [-0.05, 0) is 31.8 Å². The molecule has 0 aromatic rings. The zero-order chi connectivity index (χ0) is 12.8. The molecule has 0 radical (unpaired) electrons. The summed E-state index contributed by atoms with van der Waals surface area (Å²) in [6, 6.07) is 0. The van der Waals surface area contributed by atoms with Crippen molar-refractivity contribution in [1.82, 2.24) is 14.7 Å². The van der Waals surface area contributed by atoms with E-state index in [0.29, 0.717) is 0 Å². The van der Waals surface area contributed by atoms with Gasteiger partial charge in [0.2, 0.25) is 6.41 Å². The normalized spacial score (nSPS) is 24.4. The summed E-state index contributed by atoms with van der Waals surface area (Å²) < 4.78 is 0. The highest BCUT2D eigenvalue weighted by atomic mass is 16.1. The van der Waals surface area contributed by atoms with Gasteiger partial charge in [-0.3, -0.25) is 9.69 Å². The van der Waals surface area contributed by atoms with Crippen LogP contribution >= 0.6 is 0 Å². The molecule has 0 atom stereocenters. The van der Waals surface area contributed by atoms with Crippen LogP contribution in [-0.4, -0.2) is 80.0 Å². The van der Waals surface area contributed by atoms with Gasteiger partial charge >= 0.3 is 0 Å². The lowest BCUT2D eigenvalue weighted by Gasteiger charge is -2.37. The number of rotatable bonds is 5. The fourth-order valence-corrected chi connectivity index (χ4v) is 2.99. The fourth-order valence-electron chi connectivity index (χ4n) is 2.99. The lowest BCUT2D eigenvalue weighted by Crippen LogP contribution is -2.48. The monoisotopic (exact) mass is 254 g/mol. The van der Waals surface area contributed by atoms with Crippen molar-refractivity contribution >= 4 is 6.41 Å². The van der Waals surface area contributed by atoms with E-state index in [1.165, 1.54) is 32.5 Å². The minimum absolute atomic E-state index is 0.776.